The zero-order valence-electron chi connectivity index (χ0n) is 15.5. The van der Waals surface area contributed by atoms with Crippen LogP contribution in [-0.4, -0.2) is 49.8 Å². The van der Waals surface area contributed by atoms with Crippen LogP contribution in [0.3, 0.4) is 0 Å². The molecule has 4 rings (SSSR count). The van der Waals surface area contributed by atoms with Gasteiger partial charge in [-0.05, 0) is 37.5 Å². The highest BCUT2D eigenvalue weighted by atomic mass is 16.5. The van der Waals surface area contributed by atoms with Crippen molar-refractivity contribution in [1.82, 2.24) is 4.90 Å². The Kier molecular flexibility index (Phi) is 5.63. The first-order chi connectivity index (χ1) is 12.8. The van der Waals surface area contributed by atoms with Gasteiger partial charge in [-0.3, -0.25) is 4.79 Å². The smallest absolute Gasteiger partial charge is 0.254 e. The third-order valence-corrected chi connectivity index (χ3v) is 5.75. The zero-order chi connectivity index (χ0) is 17.8. The second kappa shape index (κ2) is 8.30. The van der Waals surface area contributed by atoms with Gasteiger partial charge in [0.15, 0.2) is 11.5 Å². The summed E-state index contributed by atoms with van der Waals surface area (Å²) < 4.78 is 17.0. The van der Waals surface area contributed by atoms with Gasteiger partial charge in [-0.15, -0.1) is 0 Å². The van der Waals surface area contributed by atoms with Crippen LogP contribution in [0.15, 0.2) is 18.2 Å². The van der Waals surface area contributed by atoms with Crippen LogP contribution in [0.5, 0.6) is 11.5 Å². The number of amides is 1. The Morgan fingerprint density at radius 3 is 2.54 bits per heavy atom. The highest BCUT2D eigenvalue weighted by molar-refractivity contribution is 5.95. The van der Waals surface area contributed by atoms with Crippen LogP contribution in [0.1, 0.15) is 55.3 Å². The minimum absolute atomic E-state index is 0.124. The summed E-state index contributed by atoms with van der Waals surface area (Å²) in [6.45, 7) is 3.70. The summed E-state index contributed by atoms with van der Waals surface area (Å²) in [6, 6.07) is 5.99. The van der Waals surface area contributed by atoms with E-state index in [1.165, 1.54) is 19.3 Å². The maximum Gasteiger partial charge on any atom is 0.254 e. The molecular weight excluding hydrogens is 330 g/mol. The number of carbonyl (C=O) groups excluding carboxylic acids is 1. The molecule has 5 nitrogen and oxygen atoms in total. The normalized spacial score (nSPS) is 23.5. The second-order valence-corrected chi connectivity index (χ2v) is 7.69. The third kappa shape index (κ3) is 3.98. The number of fused-ring (bicyclic) bond motifs is 1. The lowest BCUT2D eigenvalue weighted by Gasteiger charge is -2.36. The highest BCUT2D eigenvalue weighted by Gasteiger charge is 2.30. The molecule has 0 aromatic heterocycles. The maximum absolute atomic E-state index is 13.4. The molecule has 0 N–H and O–H groups in total. The fourth-order valence-corrected chi connectivity index (χ4v) is 4.26. The molecule has 5 heteroatoms. The molecule has 1 aromatic rings. The Morgan fingerprint density at radius 1 is 0.962 bits per heavy atom. The molecule has 1 amide bonds. The van der Waals surface area contributed by atoms with E-state index in [2.05, 4.69) is 4.90 Å². The molecule has 1 unspecified atom stereocenters. The van der Waals surface area contributed by atoms with Crippen LogP contribution in [0.25, 0.3) is 0 Å². The SMILES string of the molecule is O=C(c1ccc2c(c1)OCCCO2)N(CC1CCOC1)C1CCCCC1. The summed E-state index contributed by atoms with van der Waals surface area (Å²) in [7, 11) is 0. The van der Waals surface area contributed by atoms with E-state index in [4.69, 9.17) is 14.2 Å². The lowest BCUT2D eigenvalue weighted by molar-refractivity contribution is 0.0582. The Labute approximate surface area is 155 Å². The molecule has 1 saturated heterocycles. The first-order valence-corrected chi connectivity index (χ1v) is 10.1. The van der Waals surface area contributed by atoms with Crippen molar-refractivity contribution in [3.63, 3.8) is 0 Å². The molecule has 142 valence electrons. The molecule has 2 fully saturated rings. The molecule has 1 aliphatic carbocycles. The van der Waals surface area contributed by atoms with Crippen molar-refractivity contribution in [2.75, 3.05) is 33.0 Å². The van der Waals surface area contributed by atoms with Crippen molar-refractivity contribution in [2.45, 2.75) is 51.0 Å². The molecule has 2 heterocycles. The van der Waals surface area contributed by atoms with Gasteiger partial charge in [0.1, 0.15) is 0 Å². The van der Waals surface area contributed by atoms with Crippen molar-refractivity contribution < 1.29 is 19.0 Å². The number of benzene rings is 1. The van der Waals surface area contributed by atoms with Gasteiger partial charge in [0, 0.05) is 37.1 Å². The number of rotatable bonds is 4. The monoisotopic (exact) mass is 359 g/mol. The van der Waals surface area contributed by atoms with E-state index < -0.39 is 0 Å². The number of nitrogens with zero attached hydrogens (tertiary/aromatic N) is 1. The van der Waals surface area contributed by atoms with Gasteiger partial charge >= 0.3 is 0 Å². The van der Waals surface area contributed by atoms with E-state index in [0.717, 1.165) is 51.2 Å². The summed E-state index contributed by atoms with van der Waals surface area (Å²) in [4.78, 5) is 15.5. The van der Waals surface area contributed by atoms with Crippen molar-refractivity contribution in [3.05, 3.63) is 23.8 Å². The van der Waals surface area contributed by atoms with Crippen molar-refractivity contribution in [3.8, 4) is 11.5 Å². The van der Waals surface area contributed by atoms with Crippen molar-refractivity contribution in [1.29, 1.82) is 0 Å². The minimum atomic E-state index is 0.124. The summed E-state index contributed by atoms with van der Waals surface area (Å²) in [5.41, 5.74) is 0.707. The Hall–Kier alpha value is -1.75. The van der Waals surface area contributed by atoms with E-state index in [0.29, 0.717) is 36.5 Å². The summed E-state index contributed by atoms with van der Waals surface area (Å²) >= 11 is 0. The van der Waals surface area contributed by atoms with Crippen molar-refractivity contribution in [2.24, 2.45) is 5.92 Å². The summed E-state index contributed by atoms with van der Waals surface area (Å²) in [5.74, 6) is 2.02. The topological polar surface area (TPSA) is 48.0 Å². The van der Waals surface area contributed by atoms with Crippen LogP contribution in [0.4, 0.5) is 0 Å². The first-order valence-electron chi connectivity index (χ1n) is 10.1. The minimum Gasteiger partial charge on any atom is -0.490 e. The fraction of sp³-hybridized carbons (Fsp3) is 0.667. The molecular formula is C21H29NO4. The lowest BCUT2D eigenvalue weighted by atomic mass is 9.92. The van der Waals surface area contributed by atoms with Gasteiger partial charge in [-0.25, -0.2) is 0 Å². The van der Waals surface area contributed by atoms with Crippen LogP contribution in [-0.2, 0) is 4.74 Å². The molecule has 1 aromatic carbocycles. The number of hydrogen-bond acceptors (Lipinski definition) is 4. The molecule has 2 aliphatic heterocycles. The molecule has 0 radical (unpaired) electrons. The van der Waals surface area contributed by atoms with Crippen LogP contribution < -0.4 is 9.47 Å². The quantitative estimate of drug-likeness (QED) is 0.823. The van der Waals surface area contributed by atoms with Crippen LogP contribution in [0, 0.1) is 5.92 Å². The average Bonchev–Trinajstić information content (AvgIpc) is 3.09. The second-order valence-electron chi connectivity index (χ2n) is 7.69. The zero-order valence-corrected chi connectivity index (χ0v) is 15.5. The fourth-order valence-electron chi connectivity index (χ4n) is 4.26. The molecule has 0 bridgehead atoms. The van der Waals surface area contributed by atoms with Gasteiger partial charge in [0.05, 0.1) is 19.8 Å². The Balaban J connectivity index is 1.55. The molecule has 3 aliphatic rings. The highest BCUT2D eigenvalue weighted by Crippen LogP contribution is 2.32. The molecule has 26 heavy (non-hydrogen) atoms. The number of ether oxygens (including phenoxy) is 3. The van der Waals surface area contributed by atoms with E-state index in [-0.39, 0.29) is 5.91 Å². The number of hydrogen-bond donors (Lipinski definition) is 0. The largest absolute Gasteiger partial charge is 0.490 e. The average molecular weight is 359 g/mol. The predicted octanol–water partition coefficient (Wildman–Crippen LogP) is 3.66. The maximum atomic E-state index is 13.4. The summed E-state index contributed by atoms with van der Waals surface area (Å²) in [5, 5.41) is 0. The molecule has 0 spiro atoms. The number of carbonyl (C=O) groups is 1. The van der Waals surface area contributed by atoms with E-state index in [1.807, 2.05) is 18.2 Å². The molecule has 1 saturated carbocycles. The summed E-state index contributed by atoms with van der Waals surface area (Å²) in [6.07, 6.45) is 7.88. The van der Waals surface area contributed by atoms with Gasteiger partial charge in [-0.1, -0.05) is 19.3 Å². The van der Waals surface area contributed by atoms with Crippen LogP contribution in [0.2, 0.25) is 0 Å². The van der Waals surface area contributed by atoms with Gasteiger partial charge in [0.2, 0.25) is 0 Å². The Morgan fingerprint density at radius 2 is 1.77 bits per heavy atom. The standard InChI is InChI=1S/C21H29NO4/c23-21(17-7-8-19-20(13-17)26-11-4-10-25-19)22(14-16-9-12-24-15-16)18-5-2-1-3-6-18/h7-8,13,16,18H,1-6,9-12,14-15H2. The van der Waals surface area contributed by atoms with Crippen LogP contribution >= 0.6 is 0 Å². The van der Waals surface area contributed by atoms with Crippen molar-refractivity contribution >= 4 is 5.91 Å². The third-order valence-electron chi connectivity index (χ3n) is 5.75. The van der Waals surface area contributed by atoms with Gasteiger partial charge < -0.3 is 19.1 Å². The van der Waals surface area contributed by atoms with Gasteiger partial charge in [0.25, 0.3) is 5.91 Å². The van der Waals surface area contributed by atoms with E-state index in [9.17, 15) is 4.79 Å². The van der Waals surface area contributed by atoms with E-state index in [1.54, 1.807) is 0 Å². The predicted molar refractivity (Wildman–Crippen MR) is 98.9 cm³/mol. The van der Waals surface area contributed by atoms with Gasteiger partial charge in [-0.2, -0.15) is 0 Å². The van der Waals surface area contributed by atoms with E-state index >= 15 is 0 Å². The first kappa shape index (κ1) is 17.7. The molecule has 1 atom stereocenters. The lowest BCUT2D eigenvalue weighted by Crippen LogP contribution is -2.44. The Bertz CT molecular complexity index is 620.